The molecule has 6 heteroatoms. The van der Waals surface area contributed by atoms with Crippen molar-refractivity contribution in [2.45, 2.75) is 51.5 Å². The van der Waals surface area contributed by atoms with Crippen LogP contribution in [0.15, 0.2) is 0 Å². The van der Waals surface area contributed by atoms with Crippen LogP contribution in [0.2, 0.25) is 0 Å². The first kappa shape index (κ1) is 15.5. The molecule has 0 aromatic rings. The van der Waals surface area contributed by atoms with Gasteiger partial charge in [-0.15, -0.1) is 11.6 Å². The molecule has 0 atom stereocenters. The zero-order valence-corrected chi connectivity index (χ0v) is 13.3. The molecule has 0 radical (unpaired) electrons. The van der Waals surface area contributed by atoms with Crippen molar-refractivity contribution in [3.05, 3.63) is 0 Å². The highest BCUT2D eigenvalue weighted by Gasteiger charge is 2.38. The molecule has 0 bridgehead atoms. The standard InChI is InChI=1S/C13H25ClN2O2S/c1-12-6-10-15(11-7-12)19(17,18)16(9-3-8-14)13-4-2-5-13/h12-13H,2-11H2,1H3. The van der Waals surface area contributed by atoms with E-state index in [-0.39, 0.29) is 6.04 Å². The molecule has 0 amide bonds. The molecular weight excluding hydrogens is 284 g/mol. The highest BCUT2D eigenvalue weighted by Crippen LogP contribution is 2.30. The Morgan fingerprint density at radius 1 is 1.21 bits per heavy atom. The largest absolute Gasteiger partial charge is 0.282 e. The molecule has 1 heterocycles. The van der Waals surface area contributed by atoms with Crippen molar-refractivity contribution in [3.63, 3.8) is 0 Å². The molecule has 1 saturated carbocycles. The van der Waals surface area contributed by atoms with Gasteiger partial charge in [0, 0.05) is 31.6 Å². The minimum absolute atomic E-state index is 0.215. The first-order valence-corrected chi connectivity index (χ1v) is 9.31. The molecule has 2 rings (SSSR count). The van der Waals surface area contributed by atoms with Crippen LogP contribution in [0.1, 0.15) is 45.4 Å². The number of hydrogen-bond acceptors (Lipinski definition) is 2. The van der Waals surface area contributed by atoms with Crippen LogP contribution in [0.25, 0.3) is 0 Å². The predicted octanol–water partition coefficient (Wildman–Crippen LogP) is 2.45. The Morgan fingerprint density at radius 2 is 1.84 bits per heavy atom. The van der Waals surface area contributed by atoms with Gasteiger partial charge in [-0.25, -0.2) is 0 Å². The van der Waals surface area contributed by atoms with Gasteiger partial charge in [0.2, 0.25) is 0 Å². The Hall–Kier alpha value is 0.160. The van der Waals surface area contributed by atoms with Crippen LogP contribution in [0.3, 0.4) is 0 Å². The summed E-state index contributed by atoms with van der Waals surface area (Å²) in [5.74, 6) is 1.17. The monoisotopic (exact) mass is 308 g/mol. The Kier molecular flexibility index (Phi) is 5.52. The summed E-state index contributed by atoms with van der Waals surface area (Å²) in [6, 6.07) is 0.215. The van der Waals surface area contributed by atoms with Crippen molar-refractivity contribution < 1.29 is 8.42 Å². The van der Waals surface area contributed by atoms with E-state index in [1.807, 2.05) is 0 Å². The SMILES string of the molecule is CC1CCN(S(=O)(=O)N(CCCCl)C2CCC2)CC1. The summed E-state index contributed by atoms with van der Waals surface area (Å²) in [5.41, 5.74) is 0. The number of halogens is 1. The van der Waals surface area contributed by atoms with Crippen molar-refractivity contribution in [3.8, 4) is 0 Å². The third-order valence-corrected chi connectivity index (χ3v) is 6.72. The van der Waals surface area contributed by atoms with E-state index in [0.29, 0.717) is 31.4 Å². The van der Waals surface area contributed by atoms with E-state index in [2.05, 4.69) is 6.92 Å². The number of nitrogens with zero attached hydrogens (tertiary/aromatic N) is 2. The lowest BCUT2D eigenvalue weighted by Gasteiger charge is -2.40. The second kappa shape index (κ2) is 6.74. The molecule has 2 fully saturated rings. The number of hydrogen-bond donors (Lipinski definition) is 0. The number of rotatable bonds is 6. The zero-order valence-electron chi connectivity index (χ0n) is 11.7. The lowest BCUT2D eigenvalue weighted by molar-refractivity contribution is 0.193. The molecule has 0 N–H and O–H groups in total. The maximum absolute atomic E-state index is 12.7. The van der Waals surface area contributed by atoms with E-state index in [9.17, 15) is 8.42 Å². The van der Waals surface area contributed by atoms with Crippen LogP contribution in [0.4, 0.5) is 0 Å². The Bertz CT molecular complexity index is 376. The van der Waals surface area contributed by atoms with Gasteiger partial charge < -0.3 is 0 Å². The van der Waals surface area contributed by atoms with Crippen molar-refractivity contribution in [2.24, 2.45) is 5.92 Å². The molecule has 19 heavy (non-hydrogen) atoms. The first-order valence-electron chi connectivity index (χ1n) is 7.38. The fourth-order valence-electron chi connectivity index (χ4n) is 2.74. The summed E-state index contributed by atoms with van der Waals surface area (Å²) >= 11 is 5.73. The van der Waals surface area contributed by atoms with Gasteiger partial charge in [0.05, 0.1) is 0 Å². The van der Waals surface area contributed by atoms with E-state index in [1.165, 1.54) is 0 Å². The summed E-state index contributed by atoms with van der Waals surface area (Å²) < 4.78 is 28.9. The lowest BCUT2D eigenvalue weighted by Crippen LogP contribution is -2.52. The summed E-state index contributed by atoms with van der Waals surface area (Å²) in [7, 11) is -3.27. The van der Waals surface area contributed by atoms with E-state index >= 15 is 0 Å². The van der Waals surface area contributed by atoms with E-state index in [1.54, 1.807) is 8.61 Å². The van der Waals surface area contributed by atoms with Gasteiger partial charge in [-0.1, -0.05) is 13.3 Å². The van der Waals surface area contributed by atoms with E-state index in [0.717, 1.165) is 38.5 Å². The molecule has 112 valence electrons. The van der Waals surface area contributed by atoms with Crippen molar-refractivity contribution in [2.75, 3.05) is 25.5 Å². The van der Waals surface area contributed by atoms with Gasteiger partial charge in [-0.2, -0.15) is 17.0 Å². The topological polar surface area (TPSA) is 40.6 Å². The summed E-state index contributed by atoms with van der Waals surface area (Å²) in [5, 5.41) is 0. The molecule has 1 saturated heterocycles. The van der Waals surface area contributed by atoms with E-state index in [4.69, 9.17) is 11.6 Å². The first-order chi connectivity index (χ1) is 9.05. The highest BCUT2D eigenvalue weighted by molar-refractivity contribution is 7.86. The predicted molar refractivity (Wildman–Crippen MR) is 78.6 cm³/mol. The third-order valence-electron chi connectivity index (χ3n) is 4.36. The van der Waals surface area contributed by atoms with Crippen LogP contribution in [0, 0.1) is 5.92 Å². The molecule has 0 unspecified atom stereocenters. The van der Waals surface area contributed by atoms with Crippen molar-refractivity contribution in [1.29, 1.82) is 0 Å². The molecule has 4 nitrogen and oxygen atoms in total. The highest BCUT2D eigenvalue weighted by atomic mass is 35.5. The fraction of sp³-hybridized carbons (Fsp3) is 1.00. The number of alkyl halides is 1. The normalized spacial score (nSPS) is 23.7. The molecule has 2 aliphatic rings. The van der Waals surface area contributed by atoms with Gasteiger partial charge in [-0.3, -0.25) is 0 Å². The summed E-state index contributed by atoms with van der Waals surface area (Å²) in [6.07, 6.45) is 5.86. The fourth-order valence-corrected chi connectivity index (χ4v) is 4.78. The van der Waals surface area contributed by atoms with Crippen LogP contribution in [-0.2, 0) is 10.2 Å². The smallest absolute Gasteiger partial charge is 0.195 e. The second-order valence-corrected chi connectivity index (χ2v) is 8.09. The van der Waals surface area contributed by atoms with Crippen molar-refractivity contribution in [1.82, 2.24) is 8.61 Å². The maximum atomic E-state index is 12.7. The average molecular weight is 309 g/mol. The zero-order chi connectivity index (χ0) is 13.9. The van der Waals surface area contributed by atoms with Crippen LogP contribution >= 0.6 is 11.6 Å². The average Bonchev–Trinajstić information content (AvgIpc) is 2.32. The maximum Gasteiger partial charge on any atom is 0.282 e. The molecule has 0 aromatic carbocycles. The Labute approximate surface area is 122 Å². The Balaban J connectivity index is 2.04. The minimum Gasteiger partial charge on any atom is -0.195 e. The summed E-state index contributed by atoms with van der Waals surface area (Å²) in [4.78, 5) is 0. The minimum atomic E-state index is -3.27. The van der Waals surface area contributed by atoms with Gasteiger partial charge in [-0.05, 0) is 38.0 Å². The van der Waals surface area contributed by atoms with Gasteiger partial charge >= 0.3 is 0 Å². The van der Waals surface area contributed by atoms with Crippen LogP contribution in [0.5, 0.6) is 0 Å². The van der Waals surface area contributed by atoms with Gasteiger partial charge in [0.25, 0.3) is 10.2 Å². The molecule has 1 aliphatic carbocycles. The number of piperidine rings is 1. The van der Waals surface area contributed by atoms with Crippen LogP contribution in [-0.4, -0.2) is 48.6 Å². The second-order valence-electron chi connectivity index (χ2n) is 5.83. The van der Waals surface area contributed by atoms with Crippen molar-refractivity contribution >= 4 is 21.8 Å². The quantitative estimate of drug-likeness (QED) is 0.707. The molecule has 1 aliphatic heterocycles. The Morgan fingerprint density at radius 3 is 2.32 bits per heavy atom. The molecule has 0 spiro atoms. The third kappa shape index (κ3) is 3.63. The van der Waals surface area contributed by atoms with Gasteiger partial charge in [0.1, 0.15) is 0 Å². The van der Waals surface area contributed by atoms with Crippen LogP contribution < -0.4 is 0 Å². The van der Waals surface area contributed by atoms with E-state index < -0.39 is 10.2 Å². The summed E-state index contributed by atoms with van der Waals surface area (Å²) in [6.45, 7) is 4.12. The van der Waals surface area contributed by atoms with Gasteiger partial charge in [0.15, 0.2) is 0 Å². The molecule has 0 aromatic heterocycles. The lowest BCUT2D eigenvalue weighted by atomic mass is 9.93. The molecular formula is C13H25ClN2O2S.